The number of hydrogen-bond donors (Lipinski definition) is 0. The van der Waals surface area contributed by atoms with E-state index in [0.717, 1.165) is 22.4 Å². The van der Waals surface area contributed by atoms with Gasteiger partial charge < -0.3 is 9.64 Å². The minimum Gasteiger partial charge on any atom is -0.466 e. The number of pyridine rings is 1. The highest BCUT2D eigenvalue weighted by atomic mass is 16.5. The van der Waals surface area contributed by atoms with Crippen molar-refractivity contribution < 1.29 is 9.53 Å². The molecule has 0 unspecified atom stereocenters. The Labute approximate surface area is 164 Å². The molecule has 4 heteroatoms. The number of carbonyl (C=O) groups excluding carboxylic acids is 1. The molecule has 0 atom stereocenters. The molecule has 28 heavy (non-hydrogen) atoms. The molecule has 1 saturated carbocycles. The number of amides is 1. The lowest BCUT2D eigenvalue weighted by Gasteiger charge is -2.27. The molecule has 5 rings (SSSR count). The summed E-state index contributed by atoms with van der Waals surface area (Å²) in [6, 6.07) is 21.0. The van der Waals surface area contributed by atoms with Gasteiger partial charge in [0, 0.05) is 18.2 Å². The van der Waals surface area contributed by atoms with Crippen LogP contribution in [-0.4, -0.2) is 24.5 Å². The Hall–Kier alpha value is -3.14. The minimum atomic E-state index is -0.0640. The predicted octanol–water partition coefficient (Wildman–Crippen LogP) is 5.04. The van der Waals surface area contributed by atoms with E-state index in [1.807, 2.05) is 24.3 Å². The normalized spacial score (nSPS) is 16.3. The molecule has 3 aromatic rings. The van der Waals surface area contributed by atoms with Crippen molar-refractivity contribution in [1.82, 2.24) is 4.98 Å². The Bertz CT molecular complexity index is 1020. The lowest BCUT2D eigenvalue weighted by Crippen LogP contribution is -2.35. The molecule has 2 heterocycles. The minimum absolute atomic E-state index is 0.0290. The van der Waals surface area contributed by atoms with Gasteiger partial charge in [-0.15, -0.1) is 0 Å². The number of ether oxygens (including phenoxy) is 1. The van der Waals surface area contributed by atoms with Crippen molar-refractivity contribution in [3.8, 4) is 28.3 Å². The van der Waals surface area contributed by atoms with E-state index in [0.29, 0.717) is 17.5 Å². The van der Waals surface area contributed by atoms with Crippen molar-refractivity contribution in [1.29, 1.82) is 0 Å². The second kappa shape index (κ2) is 6.79. The highest BCUT2D eigenvalue weighted by Crippen LogP contribution is 2.41. The molecule has 0 radical (unpaired) electrons. The average Bonchev–Trinajstić information content (AvgIpc) is 2.70. The van der Waals surface area contributed by atoms with Crippen LogP contribution in [0.25, 0.3) is 22.4 Å². The van der Waals surface area contributed by atoms with E-state index in [-0.39, 0.29) is 12.5 Å². The quantitative estimate of drug-likeness (QED) is 0.649. The van der Waals surface area contributed by atoms with Crippen LogP contribution in [0.15, 0.2) is 60.7 Å². The second-order valence-corrected chi connectivity index (χ2v) is 7.57. The summed E-state index contributed by atoms with van der Waals surface area (Å²) in [6.07, 6.45) is 3.92. The van der Waals surface area contributed by atoms with E-state index >= 15 is 0 Å². The van der Waals surface area contributed by atoms with Gasteiger partial charge in [0.1, 0.15) is 5.69 Å². The van der Waals surface area contributed by atoms with Crippen LogP contribution in [0.5, 0.6) is 5.88 Å². The Morgan fingerprint density at radius 3 is 2.43 bits per heavy atom. The summed E-state index contributed by atoms with van der Waals surface area (Å²) < 4.78 is 5.65. The lowest BCUT2D eigenvalue weighted by atomic mass is 9.80. The van der Waals surface area contributed by atoms with Gasteiger partial charge in [0.05, 0.1) is 5.69 Å². The van der Waals surface area contributed by atoms with Crippen molar-refractivity contribution in [3.63, 3.8) is 0 Å². The molecule has 2 aromatic carbocycles. The van der Waals surface area contributed by atoms with Crippen LogP contribution in [-0.2, 0) is 4.79 Å². The summed E-state index contributed by atoms with van der Waals surface area (Å²) in [5, 5.41) is 0. The molecule has 0 N–H and O–H groups in total. The number of aromatic nitrogens is 1. The molecule has 1 fully saturated rings. The number of fused-ring (bicyclic) bond motifs is 1. The molecule has 1 amide bonds. The van der Waals surface area contributed by atoms with Crippen molar-refractivity contribution in [3.05, 3.63) is 66.2 Å². The average molecular weight is 370 g/mol. The first-order valence-corrected chi connectivity index (χ1v) is 9.81. The van der Waals surface area contributed by atoms with Crippen LogP contribution in [0.2, 0.25) is 0 Å². The number of likely N-dealkylation sites (N-methyl/N-ethyl adjacent to an activating group) is 1. The molecule has 0 bridgehead atoms. The van der Waals surface area contributed by atoms with Gasteiger partial charge in [-0.1, -0.05) is 61.0 Å². The number of nitrogens with zero attached hydrogens (tertiary/aromatic N) is 2. The van der Waals surface area contributed by atoms with Crippen molar-refractivity contribution in [2.75, 3.05) is 18.6 Å². The van der Waals surface area contributed by atoms with Gasteiger partial charge in [-0.25, -0.2) is 4.98 Å². The number of hydrogen-bond acceptors (Lipinski definition) is 3. The van der Waals surface area contributed by atoms with Crippen LogP contribution in [0, 0.1) is 0 Å². The summed E-state index contributed by atoms with van der Waals surface area (Å²) in [5.41, 5.74) is 6.14. The fourth-order valence-corrected chi connectivity index (χ4v) is 3.91. The zero-order valence-electron chi connectivity index (χ0n) is 15.9. The molecular formula is C24H22N2O2. The number of carbonyl (C=O) groups is 1. The number of benzene rings is 2. The monoisotopic (exact) mass is 370 g/mol. The molecule has 2 aliphatic rings. The third-order valence-electron chi connectivity index (χ3n) is 5.88. The maximum atomic E-state index is 12.1. The Morgan fingerprint density at radius 2 is 1.75 bits per heavy atom. The SMILES string of the molecule is CN1C(=O)COc2nc(-c3ccc(C4CCC4)cc3)c(-c3ccccc3)cc21. The van der Waals surface area contributed by atoms with Crippen LogP contribution < -0.4 is 9.64 Å². The van der Waals surface area contributed by atoms with Crippen LogP contribution in [0.1, 0.15) is 30.7 Å². The van der Waals surface area contributed by atoms with Crippen molar-refractivity contribution in [2.24, 2.45) is 0 Å². The Balaban J connectivity index is 1.64. The summed E-state index contributed by atoms with van der Waals surface area (Å²) >= 11 is 0. The lowest BCUT2D eigenvalue weighted by molar-refractivity contribution is -0.121. The molecular weight excluding hydrogens is 348 g/mol. The molecule has 0 saturated heterocycles. The van der Waals surface area contributed by atoms with Gasteiger partial charge in [0.15, 0.2) is 6.61 Å². The van der Waals surface area contributed by atoms with E-state index in [4.69, 9.17) is 9.72 Å². The molecule has 4 nitrogen and oxygen atoms in total. The third-order valence-corrected chi connectivity index (χ3v) is 5.88. The van der Waals surface area contributed by atoms with Crippen LogP contribution >= 0.6 is 0 Å². The number of anilines is 1. The zero-order chi connectivity index (χ0) is 19.1. The highest BCUT2D eigenvalue weighted by molar-refractivity contribution is 5.98. The van der Waals surface area contributed by atoms with E-state index in [9.17, 15) is 4.79 Å². The van der Waals surface area contributed by atoms with Crippen molar-refractivity contribution in [2.45, 2.75) is 25.2 Å². The molecule has 1 aliphatic heterocycles. The molecule has 0 spiro atoms. The standard InChI is InChI=1S/C24H22N2O2/c1-26-21-14-20(18-6-3-2-4-7-18)23(25-24(21)28-15-22(26)27)19-12-10-17(11-13-19)16-8-5-9-16/h2-4,6-7,10-14,16H,5,8-9,15H2,1H3. The van der Waals surface area contributed by atoms with E-state index < -0.39 is 0 Å². The fourth-order valence-electron chi connectivity index (χ4n) is 3.91. The van der Waals surface area contributed by atoms with Gasteiger partial charge in [-0.3, -0.25) is 4.79 Å². The van der Waals surface area contributed by atoms with Crippen LogP contribution in [0.3, 0.4) is 0 Å². The third kappa shape index (κ3) is 2.85. The van der Waals surface area contributed by atoms with Gasteiger partial charge >= 0.3 is 0 Å². The van der Waals surface area contributed by atoms with Gasteiger partial charge in [-0.2, -0.15) is 0 Å². The summed E-state index contributed by atoms with van der Waals surface area (Å²) in [6.45, 7) is 0.0290. The number of rotatable bonds is 3. The first kappa shape index (κ1) is 17.0. The predicted molar refractivity (Wildman–Crippen MR) is 111 cm³/mol. The summed E-state index contributed by atoms with van der Waals surface area (Å²) in [7, 11) is 1.77. The van der Waals surface area contributed by atoms with E-state index in [1.54, 1.807) is 11.9 Å². The van der Waals surface area contributed by atoms with E-state index in [1.165, 1.54) is 24.8 Å². The first-order chi connectivity index (χ1) is 13.7. The molecule has 140 valence electrons. The maximum Gasteiger partial charge on any atom is 0.264 e. The van der Waals surface area contributed by atoms with Gasteiger partial charge in [0.2, 0.25) is 5.88 Å². The Morgan fingerprint density at radius 1 is 1.00 bits per heavy atom. The summed E-state index contributed by atoms with van der Waals surface area (Å²) in [5.74, 6) is 1.16. The Kier molecular flexibility index (Phi) is 4.12. The topological polar surface area (TPSA) is 42.4 Å². The maximum absolute atomic E-state index is 12.1. The summed E-state index contributed by atoms with van der Waals surface area (Å²) in [4.78, 5) is 18.5. The zero-order valence-corrected chi connectivity index (χ0v) is 15.9. The highest BCUT2D eigenvalue weighted by Gasteiger charge is 2.26. The smallest absolute Gasteiger partial charge is 0.264 e. The molecule has 1 aromatic heterocycles. The van der Waals surface area contributed by atoms with Crippen LogP contribution in [0.4, 0.5) is 5.69 Å². The van der Waals surface area contributed by atoms with Gasteiger partial charge in [0.25, 0.3) is 5.91 Å². The fraction of sp³-hybridized carbons (Fsp3) is 0.250. The largest absolute Gasteiger partial charge is 0.466 e. The van der Waals surface area contributed by atoms with Gasteiger partial charge in [-0.05, 0) is 36.0 Å². The van der Waals surface area contributed by atoms with Crippen molar-refractivity contribution >= 4 is 11.6 Å². The first-order valence-electron chi connectivity index (χ1n) is 9.81. The van der Waals surface area contributed by atoms with E-state index in [2.05, 4.69) is 36.4 Å². The second-order valence-electron chi connectivity index (χ2n) is 7.57. The molecule has 1 aliphatic carbocycles.